The lowest BCUT2D eigenvalue weighted by molar-refractivity contribution is -0.384. The smallest absolute Gasteiger partial charge is 0.270 e. The van der Waals surface area contributed by atoms with Crippen LogP contribution in [0.3, 0.4) is 0 Å². The fraction of sp³-hybridized carbons (Fsp3) is 0.357. The number of hydrogen-bond donors (Lipinski definition) is 3. The molecule has 9 heteroatoms. The van der Waals surface area contributed by atoms with Crippen molar-refractivity contribution in [3.8, 4) is 0 Å². The van der Waals surface area contributed by atoms with Crippen LogP contribution < -0.4 is 16.2 Å². The highest BCUT2D eigenvalue weighted by Gasteiger charge is 2.23. The summed E-state index contributed by atoms with van der Waals surface area (Å²) in [4.78, 5) is 45.0. The molecule has 0 saturated heterocycles. The van der Waals surface area contributed by atoms with Gasteiger partial charge in [0, 0.05) is 24.6 Å². The molecule has 0 bridgehead atoms. The molecule has 0 heterocycles. The van der Waals surface area contributed by atoms with E-state index in [1.165, 1.54) is 25.1 Å². The summed E-state index contributed by atoms with van der Waals surface area (Å²) in [6.45, 7) is 4.76. The molecule has 3 N–H and O–H groups in total. The van der Waals surface area contributed by atoms with Crippen molar-refractivity contribution in [3.05, 3.63) is 39.9 Å². The summed E-state index contributed by atoms with van der Waals surface area (Å²) in [5.74, 6) is -1.85. The number of benzene rings is 1. The molecule has 0 aliphatic heterocycles. The number of carbonyl (C=O) groups is 3. The highest BCUT2D eigenvalue weighted by molar-refractivity contribution is 5.96. The highest BCUT2D eigenvalue weighted by atomic mass is 16.6. The molecule has 1 atom stereocenters. The fourth-order valence-electron chi connectivity index (χ4n) is 1.78. The maximum Gasteiger partial charge on any atom is 0.270 e. The molecule has 0 radical (unpaired) electrons. The van der Waals surface area contributed by atoms with Gasteiger partial charge in [0.05, 0.1) is 4.92 Å². The summed E-state index contributed by atoms with van der Waals surface area (Å²) in [5.41, 5.74) is 4.15. The Bertz CT molecular complexity index is 629. The van der Waals surface area contributed by atoms with Crippen molar-refractivity contribution in [1.82, 2.24) is 16.2 Å². The van der Waals surface area contributed by atoms with Crippen LogP contribution in [0.15, 0.2) is 24.3 Å². The number of nitrogens with one attached hydrogen (secondary N) is 3. The first kappa shape index (κ1) is 18.1. The number of nitrogens with zero attached hydrogens (tertiary/aromatic N) is 1. The second kappa shape index (κ2) is 7.87. The Morgan fingerprint density at radius 1 is 1.17 bits per heavy atom. The van der Waals surface area contributed by atoms with E-state index in [1.54, 1.807) is 13.8 Å². The summed E-state index contributed by atoms with van der Waals surface area (Å²) in [6.07, 6.45) is 0. The van der Waals surface area contributed by atoms with Crippen molar-refractivity contribution in [3.63, 3.8) is 0 Å². The molecule has 9 nitrogen and oxygen atoms in total. The number of amides is 3. The maximum absolute atomic E-state index is 12.0. The van der Waals surface area contributed by atoms with Crippen LogP contribution in [-0.4, -0.2) is 28.7 Å². The Morgan fingerprint density at radius 2 is 1.83 bits per heavy atom. The Morgan fingerprint density at radius 3 is 2.35 bits per heavy atom. The lowest BCUT2D eigenvalue weighted by Gasteiger charge is -2.20. The van der Waals surface area contributed by atoms with Gasteiger partial charge in [-0.25, -0.2) is 0 Å². The molecule has 124 valence electrons. The number of hydrogen-bond acceptors (Lipinski definition) is 5. The van der Waals surface area contributed by atoms with Crippen molar-refractivity contribution >= 4 is 23.4 Å². The molecule has 0 saturated carbocycles. The van der Waals surface area contributed by atoms with E-state index in [2.05, 4.69) is 16.2 Å². The summed E-state index contributed by atoms with van der Waals surface area (Å²) < 4.78 is 0. The number of hydrazine groups is 1. The maximum atomic E-state index is 12.0. The van der Waals surface area contributed by atoms with Crippen molar-refractivity contribution in [2.24, 2.45) is 5.92 Å². The van der Waals surface area contributed by atoms with Gasteiger partial charge < -0.3 is 5.32 Å². The predicted octanol–water partition coefficient (Wildman–Crippen LogP) is 0.516. The van der Waals surface area contributed by atoms with Crippen LogP contribution in [-0.2, 0) is 9.59 Å². The number of non-ortho nitro benzene ring substituents is 1. The average Bonchev–Trinajstić information content (AvgIpc) is 2.49. The average molecular weight is 322 g/mol. The second-order valence-corrected chi connectivity index (χ2v) is 5.17. The summed E-state index contributed by atoms with van der Waals surface area (Å²) in [6, 6.07) is 4.28. The predicted molar refractivity (Wildman–Crippen MR) is 81.1 cm³/mol. The van der Waals surface area contributed by atoms with Gasteiger partial charge in [0.2, 0.25) is 5.91 Å². The molecular formula is C14H18N4O5. The molecule has 3 amide bonds. The molecule has 0 unspecified atom stereocenters. The van der Waals surface area contributed by atoms with Crippen molar-refractivity contribution in [2.75, 3.05) is 0 Å². The van der Waals surface area contributed by atoms with Crippen molar-refractivity contribution in [1.29, 1.82) is 0 Å². The van der Waals surface area contributed by atoms with Crippen LogP contribution in [0.4, 0.5) is 5.69 Å². The minimum Gasteiger partial charge on any atom is -0.344 e. The number of carbonyl (C=O) groups excluding carboxylic acids is 3. The van der Waals surface area contributed by atoms with E-state index in [0.717, 1.165) is 6.07 Å². The Hall–Kier alpha value is -2.97. The minimum absolute atomic E-state index is 0.0279. The zero-order valence-electron chi connectivity index (χ0n) is 13.0. The van der Waals surface area contributed by atoms with E-state index >= 15 is 0 Å². The topological polar surface area (TPSA) is 130 Å². The normalized spacial score (nSPS) is 11.5. The molecular weight excluding hydrogens is 304 g/mol. The zero-order valence-corrected chi connectivity index (χ0v) is 13.0. The van der Waals surface area contributed by atoms with E-state index < -0.39 is 22.8 Å². The van der Waals surface area contributed by atoms with E-state index in [4.69, 9.17) is 0 Å². The fourth-order valence-corrected chi connectivity index (χ4v) is 1.78. The van der Waals surface area contributed by atoms with E-state index in [-0.39, 0.29) is 23.1 Å². The number of rotatable bonds is 5. The first-order valence-electron chi connectivity index (χ1n) is 6.84. The number of nitro groups is 1. The van der Waals surface area contributed by atoms with Crippen molar-refractivity contribution in [2.45, 2.75) is 26.8 Å². The van der Waals surface area contributed by atoms with Crippen LogP contribution >= 0.6 is 0 Å². The van der Waals surface area contributed by atoms with Gasteiger partial charge in [-0.2, -0.15) is 0 Å². The lowest BCUT2D eigenvalue weighted by atomic mass is 10.0. The van der Waals surface area contributed by atoms with Gasteiger partial charge in [-0.15, -0.1) is 0 Å². The Balaban J connectivity index is 2.71. The molecule has 1 rings (SSSR count). The molecule has 0 aliphatic rings. The van der Waals surface area contributed by atoms with E-state index in [9.17, 15) is 24.5 Å². The molecule has 1 aromatic carbocycles. The third kappa shape index (κ3) is 5.38. The highest BCUT2D eigenvalue weighted by Crippen LogP contribution is 2.12. The second-order valence-electron chi connectivity index (χ2n) is 5.17. The van der Waals surface area contributed by atoms with Gasteiger partial charge in [-0.3, -0.25) is 35.3 Å². The van der Waals surface area contributed by atoms with Crippen molar-refractivity contribution < 1.29 is 19.3 Å². The number of nitro benzene ring substituents is 1. The summed E-state index contributed by atoms with van der Waals surface area (Å²) >= 11 is 0. The van der Waals surface area contributed by atoms with Gasteiger partial charge >= 0.3 is 0 Å². The standard InChI is InChI=1S/C14H18N4O5/c1-8(2)12(15-9(3)19)14(21)17-16-13(20)10-5-4-6-11(7-10)18(22)23/h4-8,12H,1-3H3,(H,15,19)(H,16,20)(H,17,21)/t12-/m1/s1. The van der Waals surface area contributed by atoms with E-state index in [1.807, 2.05) is 0 Å². The van der Waals surface area contributed by atoms with Crippen LogP contribution in [0.2, 0.25) is 0 Å². The Labute approximate surface area is 132 Å². The molecule has 0 fully saturated rings. The first-order chi connectivity index (χ1) is 10.7. The van der Waals surface area contributed by atoms with E-state index in [0.29, 0.717) is 0 Å². The van der Waals surface area contributed by atoms with Gasteiger partial charge in [0.25, 0.3) is 17.5 Å². The zero-order chi connectivity index (χ0) is 17.6. The van der Waals surface area contributed by atoms with Gasteiger partial charge in [0.1, 0.15) is 6.04 Å². The van der Waals surface area contributed by atoms with Crippen LogP contribution in [0.1, 0.15) is 31.1 Å². The SMILES string of the molecule is CC(=O)N[C@@H](C(=O)NNC(=O)c1cccc([N+](=O)[O-])c1)C(C)C. The molecule has 0 spiro atoms. The molecule has 23 heavy (non-hydrogen) atoms. The van der Waals surface area contributed by atoms with Gasteiger partial charge in [-0.1, -0.05) is 19.9 Å². The monoisotopic (exact) mass is 322 g/mol. The Kier molecular flexibility index (Phi) is 6.19. The minimum atomic E-state index is -0.807. The lowest BCUT2D eigenvalue weighted by Crippen LogP contribution is -2.54. The molecule has 0 aliphatic carbocycles. The summed E-state index contributed by atoms with van der Waals surface area (Å²) in [7, 11) is 0. The van der Waals surface area contributed by atoms with Crippen LogP contribution in [0.5, 0.6) is 0 Å². The quantitative estimate of drug-likeness (QED) is 0.537. The van der Waals surface area contributed by atoms with Crippen LogP contribution in [0, 0.1) is 16.0 Å². The van der Waals surface area contributed by atoms with Gasteiger partial charge in [-0.05, 0) is 12.0 Å². The summed E-state index contributed by atoms with van der Waals surface area (Å²) in [5, 5.41) is 13.1. The van der Waals surface area contributed by atoms with Gasteiger partial charge in [0.15, 0.2) is 0 Å². The van der Waals surface area contributed by atoms with Crippen LogP contribution in [0.25, 0.3) is 0 Å². The first-order valence-corrected chi connectivity index (χ1v) is 6.84. The third-order valence-corrected chi connectivity index (χ3v) is 2.93. The molecule has 0 aromatic heterocycles. The molecule has 1 aromatic rings. The third-order valence-electron chi connectivity index (χ3n) is 2.93. The largest absolute Gasteiger partial charge is 0.344 e.